The maximum Gasteiger partial charge on any atom is 0.573 e. The van der Waals surface area contributed by atoms with Gasteiger partial charge in [-0.05, 0) is 72.2 Å². The van der Waals surface area contributed by atoms with Crippen molar-refractivity contribution < 1.29 is 31.4 Å². The first-order valence-corrected chi connectivity index (χ1v) is 13.8. The Labute approximate surface area is 234 Å². The van der Waals surface area contributed by atoms with E-state index in [-0.39, 0.29) is 18.9 Å². The number of alkyl halides is 3. The highest BCUT2D eigenvalue weighted by Crippen LogP contribution is 2.38. The summed E-state index contributed by atoms with van der Waals surface area (Å²) in [7, 11) is 0. The summed E-state index contributed by atoms with van der Waals surface area (Å²) in [6, 6.07) is 14.7. The first-order chi connectivity index (χ1) is 18.7. The summed E-state index contributed by atoms with van der Waals surface area (Å²) in [5.74, 6) is -1.32. The van der Waals surface area contributed by atoms with Crippen molar-refractivity contribution in [3.8, 4) is 28.4 Å². The summed E-state index contributed by atoms with van der Waals surface area (Å²) in [6.45, 7) is 2.25. The first kappa shape index (κ1) is 31.4. The van der Waals surface area contributed by atoms with Gasteiger partial charge in [0.25, 0.3) is 0 Å². The lowest BCUT2D eigenvalue weighted by atomic mass is 9.78. The third-order valence-corrected chi connectivity index (χ3v) is 7.62. The number of benzene rings is 3. The molecule has 0 spiro atoms. The highest BCUT2D eigenvalue weighted by atomic mass is 19.4. The molecule has 218 valence electrons. The second kappa shape index (κ2) is 14.5. The van der Waals surface area contributed by atoms with Gasteiger partial charge in [0.1, 0.15) is 11.5 Å². The Balaban J connectivity index is 0.00000441. The minimum atomic E-state index is -4.83. The monoisotopic (exact) mass is 562 g/mol. The Hall–Kier alpha value is -3.09. The molecule has 0 saturated heterocycles. The average molecular weight is 563 g/mol. The first-order valence-electron chi connectivity index (χ1n) is 13.8. The predicted octanol–water partition coefficient (Wildman–Crippen LogP) is 11.3. The van der Waals surface area contributed by atoms with Gasteiger partial charge in [-0.25, -0.2) is 4.39 Å². The molecule has 0 N–H and O–H groups in total. The van der Waals surface area contributed by atoms with E-state index in [2.05, 4.69) is 11.7 Å². The van der Waals surface area contributed by atoms with Crippen molar-refractivity contribution in [3.05, 3.63) is 77.9 Å². The van der Waals surface area contributed by atoms with E-state index in [0.717, 1.165) is 42.9 Å². The van der Waals surface area contributed by atoms with Gasteiger partial charge in [-0.3, -0.25) is 0 Å². The van der Waals surface area contributed by atoms with Crippen LogP contribution in [0.4, 0.5) is 22.0 Å². The second-order valence-electron chi connectivity index (χ2n) is 10.5. The molecule has 3 aromatic rings. The maximum atomic E-state index is 14.8. The summed E-state index contributed by atoms with van der Waals surface area (Å²) < 4.78 is 75.5. The molecule has 0 atom stereocenters. The van der Waals surface area contributed by atoms with Gasteiger partial charge in [-0.2, -0.15) is 4.39 Å². The van der Waals surface area contributed by atoms with Crippen molar-refractivity contribution in [1.29, 1.82) is 0 Å². The van der Waals surface area contributed by atoms with Gasteiger partial charge < -0.3 is 9.47 Å². The van der Waals surface area contributed by atoms with Crippen molar-refractivity contribution in [2.45, 2.75) is 84.9 Å². The van der Waals surface area contributed by atoms with Crippen LogP contribution in [0.25, 0.3) is 11.1 Å². The molecule has 0 aromatic heterocycles. The fourth-order valence-electron chi connectivity index (χ4n) is 5.40. The summed E-state index contributed by atoms with van der Waals surface area (Å²) in [5, 5.41) is 0. The summed E-state index contributed by atoms with van der Waals surface area (Å²) >= 11 is 0. The number of unbranched alkanes of at least 4 members (excludes halogenated alkanes) is 2. The lowest BCUT2D eigenvalue weighted by molar-refractivity contribution is -0.274. The number of aryl methyl sites for hydroxylation is 1. The number of rotatable bonds is 11. The molecule has 3 aromatic carbocycles. The van der Waals surface area contributed by atoms with Crippen molar-refractivity contribution >= 4 is 0 Å². The highest BCUT2D eigenvalue weighted by molar-refractivity contribution is 5.71. The van der Waals surface area contributed by atoms with Crippen molar-refractivity contribution in [1.82, 2.24) is 0 Å². The molecule has 1 aliphatic rings. The fourth-order valence-corrected chi connectivity index (χ4v) is 5.40. The number of hydrogen-bond donors (Lipinski definition) is 0. The minimum Gasteiger partial charge on any atom is -0.454 e. The number of halogens is 5. The highest BCUT2D eigenvalue weighted by Gasteiger charge is 2.31. The summed E-state index contributed by atoms with van der Waals surface area (Å²) in [5.41, 5.74) is 2.18. The molecule has 1 fully saturated rings. The molecule has 1 saturated carbocycles. The van der Waals surface area contributed by atoms with E-state index in [1.165, 1.54) is 75.1 Å². The van der Waals surface area contributed by atoms with Crippen LogP contribution in [0.1, 0.15) is 77.7 Å². The van der Waals surface area contributed by atoms with Gasteiger partial charge in [0, 0.05) is 5.56 Å². The fraction of sp³-hybridized carbons (Fsp3) is 0.455. The van der Waals surface area contributed by atoms with Gasteiger partial charge in [-0.15, -0.1) is 13.2 Å². The van der Waals surface area contributed by atoms with Crippen LogP contribution in [0.15, 0.2) is 60.7 Å². The maximum absolute atomic E-state index is 14.8. The molecule has 7 heteroatoms. The Morgan fingerprint density at radius 3 is 1.95 bits per heavy atom. The Kier molecular flexibility index (Phi) is 11.4. The zero-order valence-electron chi connectivity index (χ0n) is 22.2. The van der Waals surface area contributed by atoms with Crippen molar-refractivity contribution in [3.63, 3.8) is 0 Å². The van der Waals surface area contributed by atoms with Gasteiger partial charge in [-0.1, -0.05) is 90.0 Å². The quantitative estimate of drug-likeness (QED) is 0.171. The number of ether oxygens (including phenoxy) is 2. The zero-order valence-corrected chi connectivity index (χ0v) is 22.2. The third-order valence-electron chi connectivity index (χ3n) is 7.62. The lowest BCUT2D eigenvalue weighted by Crippen LogP contribution is -2.16. The van der Waals surface area contributed by atoms with Crippen LogP contribution in [0.3, 0.4) is 0 Å². The van der Waals surface area contributed by atoms with Crippen molar-refractivity contribution in [2.75, 3.05) is 0 Å². The standard InChI is InChI=1S/C32H35F5O2.CH4/c1-2-3-4-5-22-6-8-23(9-7-22)10-11-24-12-14-25(15-13-24)28-20-21-29(33)30(34)31(28)38-26-16-18-27(19-17-26)39-32(35,36)37;/h12-23H,2-11H2,1H3;1H4. The van der Waals surface area contributed by atoms with E-state index in [1.807, 2.05) is 24.3 Å². The third kappa shape index (κ3) is 8.97. The van der Waals surface area contributed by atoms with Crippen LogP contribution in [0.5, 0.6) is 17.2 Å². The molecule has 0 radical (unpaired) electrons. The Morgan fingerprint density at radius 1 is 0.750 bits per heavy atom. The normalized spacial score (nSPS) is 17.2. The van der Waals surface area contributed by atoms with Gasteiger partial charge >= 0.3 is 6.36 Å². The van der Waals surface area contributed by atoms with Crippen LogP contribution in [-0.2, 0) is 6.42 Å². The molecule has 0 heterocycles. The molecule has 1 aliphatic carbocycles. The predicted molar refractivity (Wildman–Crippen MR) is 150 cm³/mol. The second-order valence-corrected chi connectivity index (χ2v) is 10.5. The van der Waals surface area contributed by atoms with Crippen LogP contribution in [0, 0.1) is 23.5 Å². The van der Waals surface area contributed by atoms with Gasteiger partial charge in [0.2, 0.25) is 5.82 Å². The van der Waals surface area contributed by atoms with E-state index in [4.69, 9.17) is 4.74 Å². The molecule has 0 bridgehead atoms. The van der Waals surface area contributed by atoms with Crippen LogP contribution in [0.2, 0.25) is 0 Å². The molecular formula is C33H39F5O2. The molecule has 2 nitrogen and oxygen atoms in total. The smallest absolute Gasteiger partial charge is 0.454 e. The van der Waals surface area contributed by atoms with Crippen LogP contribution < -0.4 is 9.47 Å². The van der Waals surface area contributed by atoms with Gasteiger partial charge in [0.15, 0.2) is 11.6 Å². The molecule has 4 rings (SSSR count). The van der Waals surface area contributed by atoms with Crippen LogP contribution in [-0.4, -0.2) is 6.36 Å². The van der Waals surface area contributed by atoms with E-state index in [1.54, 1.807) is 0 Å². The number of hydrogen-bond acceptors (Lipinski definition) is 2. The van der Waals surface area contributed by atoms with E-state index < -0.39 is 23.7 Å². The summed E-state index contributed by atoms with van der Waals surface area (Å²) in [6.07, 6.45) is 7.90. The topological polar surface area (TPSA) is 18.5 Å². The van der Waals surface area contributed by atoms with Crippen molar-refractivity contribution in [2.24, 2.45) is 11.8 Å². The largest absolute Gasteiger partial charge is 0.573 e. The van der Waals surface area contributed by atoms with Gasteiger partial charge in [0.05, 0.1) is 0 Å². The Bertz CT molecular complexity index is 1180. The molecule has 0 unspecified atom stereocenters. The SMILES string of the molecule is C.CCCCCC1CCC(CCc2ccc(-c3ccc(F)c(F)c3Oc3ccc(OC(F)(F)F)cc3)cc2)CC1. The van der Waals surface area contributed by atoms with E-state index in [0.29, 0.717) is 11.1 Å². The zero-order chi connectivity index (χ0) is 27.8. The minimum absolute atomic E-state index is 0. The molecule has 0 amide bonds. The molecule has 40 heavy (non-hydrogen) atoms. The van der Waals surface area contributed by atoms with E-state index in [9.17, 15) is 22.0 Å². The average Bonchev–Trinajstić information content (AvgIpc) is 2.92. The van der Waals surface area contributed by atoms with Crippen LogP contribution >= 0.6 is 0 Å². The molecule has 0 aliphatic heterocycles. The Morgan fingerprint density at radius 2 is 1.35 bits per heavy atom. The summed E-state index contributed by atoms with van der Waals surface area (Å²) in [4.78, 5) is 0. The molecular weight excluding hydrogens is 523 g/mol. The van der Waals surface area contributed by atoms with E-state index >= 15 is 0 Å². The lowest BCUT2D eigenvalue weighted by Gasteiger charge is -2.28.